The highest BCUT2D eigenvalue weighted by molar-refractivity contribution is 7.99. The van der Waals surface area contributed by atoms with Crippen molar-refractivity contribution in [1.82, 2.24) is 5.32 Å². The first-order valence-electron chi connectivity index (χ1n) is 7.66. The van der Waals surface area contributed by atoms with E-state index in [1.165, 1.54) is 18.0 Å². The van der Waals surface area contributed by atoms with Gasteiger partial charge in [-0.1, -0.05) is 42.1 Å². The van der Waals surface area contributed by atoms with E-state index in [0.29, 0.717) is 11.4 Å². The van der Waals surface area contributed by atoms with Gasteiger partial charge in [0.25, 0.3) is 0 Å². The summed E-state index contributed by atoms with van der Waals surface area (Å²) in [6, 6.07) is 20.6. The Balaban J connectivity index is 1.63. The third-order valence-corrected chi connectivity index (χ3v) is 4.40. The zero-order valence-corrected chi connectivity index (χ0v) is 14.1. The molecule has 3 aromatic rings. The fraction of sp³-hybridized carbons (Fsp3) is 0.0526. The fourth-order valence-corrected chi connectivity index (χ4v) is 3.04. The molecule has 2 N–H and O–H groups in total. The van der Waals surface area contributed by atoms with E-state index in [-0.39, 0.29) is 6.54 Å². The van der Waals surface area contributed by atoms with Crippen LogP contribution in [0, 0.1) is 0 Å². The number of carbonyl (C=O) groups is 2. The summed E-state index contributed by atoms with van der Waals surface area (Å²) in [5.41, 5.74) is 0.592. The zero-order valence-electron chi connectivity index (χ0n) is 13.3. The monoisotopic (exact) mass is 352 g/mol. The van der Waals surface area contributed by atoms with Crippen LogP contribution in [-0.4, -0.2) is 11.8 Å². The first-order chi connectivity index (χ1) is 12.2. The molecule has 1 aromatic heterocycles. The Morgan fingerprint density at radius 2 is 1.64 bits per heavy atom. The van der Waals surface area contributed by atoms with E-state index < -0.39 is 11.8 Å². The molecule has 0 aliphatic rings. The molecule has 25 heavy (non-hydrogen) atoms. The molecule has 2 amide bonds. The van der Waals surface area contributed by atoms with E-state index >= 15 is 0 Å². The van der Waals surface area contributed by atoms with Gasteiger partial charge in [-0.3, -0.25) is 9.59 Å². The number of para-hydroxylation sites is 1. The van der Waals surface area contributed by atoms with Crippen molar-refractivity contribution in [2.45, 2.75) is 16.3 Å². The average Bonchev–Trinajstić information content (AvgIpc) is 3.16. The van der Waals surface area contributed by atoms with Crippen molar-refractivity contribution < 1.29 is 14.0 Å². The Hall–Kier alpha value is -2.99. The Morgan fingerprint density at radius 1 is 0.880 bits per heavy atom. The van der Waals surface area contributed by atoms with Gasteiger partial charge in [-0.05, 0) is 36.4 Å². The summed E-state index contributed by atoms with van der Waals surface area (Å²) >= 11 is 1.52. The summed E-state index contributed by atoms with van der Waals surface area (Å²) in [4.78, 5) is 26.0. The summed E-state index contributed by atoms with van der Waals surface area (Å²) in [7, 11) is 0. The zero-order chi connectivity index (χ0) is 17.5. The number of amides is 2. The van der Waals surface area contributed by atoms with Crippen LogP contribution < -0.4 is 10.6 Å². The largest absolute Gasteiger partial charge is 0.467 e. The SMILES string of the molecule is O=C(NCc1ccco1)C(=O)Nc1ccccc1Sc1ccccc1. The van der Waals surface area contributed by atoms with E-state index in [1.807, 2.05) is 48.5 Å². The van der Waals surface area contributed by atoms with Crippen molar-refractivity contribution in [1.29, 1.82) is 0 Å². The van der Waals surface area contributed by atoms with Crippen LogP contribution in [0.5, 0.6) is 0 Å². The van der Waals surface area contributed by atoms with Gasteiger partial charge in [0, 0.05) is 9.79 Å². The van der Waals surface area contributed by atoms with Crippen molar-refractivity contribution in [3.05, 3.63) is 78.8 Å². The highest BCUT2D eigenvalue weighted by Crippen LogP contribution is 2.33. The molecule has 3 rings (SSSR count). The highest BCUT2D eigenvalue weighted by Gasteiger charge is 2.15. The van der Waals surface area contributed by atoms with Crippen molar-refractivity contribution in [2.75, 3.05) is 5.32 Å². The summed E-state index contributed by atoms with van der Waals surface area (Å²) in [6.45, 7) is 0.166. The Labute approximate surface area is 149 Å². The van der Waals surface area contributed by atoms with E-state index in [4.69, 9.17) is 4.42 Å². The van der Waals surface area contributed by atoms with Gasteiger partial charge in [-0.25, -0.2) is 0 Å². The molecule has 0 bridgehead atoms. The van der Waals surface area contributed by atoms with Crippen LogP contribution in [0.15, 0.2) is 87.2 Å². The van der Waals surface area contributed by atoms with Crippen LogP contribution in [0.25, 0.3) is 0 Å². The third kappa shape index (κ3) is 4.74. The molecule has 6 heteroatoms. The maximum Gasteiger partial charge on any atom is 0.313 e. The van der Waals surface area contributed by atoms with E-state index in [2.05, 4.69) is 10.6 Å². The minimum atomic E-state index is -0.715. The van der Waals surface area contributed by atoms with Crippen LogP contribution in [0.1, 0.15) is 5.76 Å². The predicted molar refractivity (Wildman–Crippen MR) is 96.2 cm³/mol. The quantitative estimate of drug-likeness (QED) is 0.687. The van der Waals surface area contributed by atoms with Gasteiger partial charge in [-0.2, -0.15) is 0 Å². The maximum absolute atomic E-state index is 12.1. The van der Waals surface area contributed by atoms with Crippen molar-refractivity contribution in [2.24, 2.45) is 0 Å². The molecule has 5 nitrogen and oxygen atoms in total. The molecular formula is C19H16N2O3S. The maximum atomic E-state index is 12.1. The van der Waals surface area contributed by atoms with Crippen LogP contribution >= 0.6 is 11.8 Å². The lowest BCUT2D eigenvalue weighted by Gasteiger charge is -2.10. The van der Waals surface area contributed by atoms with E-state index in [9.17, 15) is 9.59 Å². The van der Waals surface area contributed by atoms with Crippen LogP contribution in [0.3, 0.4) is 0 Å². The number of hydrogen-bond donors (Lipinski definition) is 2. The number of furan rings is 1. The first-order valence-corrected chi connectivity index (χ1v) is 8.47. The van der Waals surface area contributed by atoms with Crippen LogP contribution in [0.2, 0.25) is 0 Å². The van der Waals surface area contributed by atoms with Gasteiger partial charge >= 0.3 is 11.8 Å². The molecule has 1 heterocycles. The molecule has 0 fully saturated rings. The van der Waals surface area contributed by atoms with Gasteiger partial charge in [0.2, 0.25) is 0 Å². The first kappa shape index (κ1) is 16.9. The molecule has 0 aliphatic heterocycles. The topological polar surface area (TPSA) is 71.3 Å². The number of nitrogens with one attached hydrogen (secondary N) is 2. The molecular weight excluding hydrogens is 336 g/mol. The predicted octanol–water partition coefficient (Wildman–Crippen LogP) is 3.69. The van der Waals surface area contributed by atoms with Gasteiger partial charge < -0.3 is 15.1 Å². The molecule has 0 spiro atoms. The molecule has 0 aliphatic carbocycles. The van der Waals surface area contributed by atoms with Crippen molar-refractivity contribution in [3.63, 3.8) is 0 Å². The van der Waals surface area contributed by atoms with Gasteiger partial charge in [0.15, 0.2) is 0 Å². The summed E-state index contributed by atoms with van der Waals surface area (Å²) in [6.07, 6.45) is 1.51. The minimum Gasteiger partial charge on any atom is -0.467 e. The summed E-state index contributed by atoms with van der Waals surface area (Å²) in [5, 5.41) is 5.18. The van der Waals surface area contributed by atoms with Crippen LogP contribution in [-0.2, 0) is 16.1 Å². The lowest BCUT2D eigenvalue weighted by atomic mass is 10.3. The molecule has 126 valence electrons. The second-order valence-electron chi connectivity index (χ2n) is 5.13. The minimum absolute atomic E-state index is 0.166. The fourth-order valence-electron chi connectivity index (χ4n) is 2.11. The third-order valence-electron chi connectivity index (χ3n) is 3.32. The highest BCUT2D eigenvalue weighted by atomic mass is 32.2. The smallest absolute Gasteiger partial charge is 0.313 e. The van der Waals surface area contributed by atoms with Gasteiger partial charge in [0.1, 0.15) is 5.76 Å². The van der Waals surface area contributed by atoms with E-state index in [0.717, 1.165) is 9.79 Å². The Morgan fingerprint density at radius 3 is 2.40 bits per heavy atom. The number of benzene rings is 2. The van der Waals surface area contributed by atoms with E-state index in [1.54, 1.807) is 18.2 Å². The second kappa shape index (κ2) is 8.21. The molecule has 0 unspecified atom stereocenters. The number of anilines is 1. The molecule has 0 saturated carbocycles. The molecule has 0 radical (unpaired) electrons. The summed E-state index contributed by atoms with van der Waals surface area (Å²) < 4.78 is 5.12. The number of hydrogen-bond acceptors (Lipinski definition) is 4. The van der Waals surface area contributed by atoms with Crippen molar-refractivity contribution in [3.8, 4) is 0 Å². The normalized spacial score (nSPS) is 10.2. The second-order valence-corrected chi connectivity index (χ2v) is 6.24. The summed E-state index contributed by atoms with van der Waals surface area (Å²) in [5.74, 6) is -0.843. The number of rotatable bonds is 5. The van der Waals surface area contributed by atoms with Gasteiger partial charge in [-0.15, -0.1) is 0 Å². The van der Waals surface area contributed by atoms with Crippen molar-refractivity contribution >= 4 is 29.3 Å². The molecule has 2 aromatic carbocycles. The number of carbonyl (C=O) groups excluding carboxylic acids is 2. The van der Waals surface area contributed by atoms with Crippen LogP contribution in [0.4, 0.5) is 5.69 Å². The lowest BCUT2D eigenvalue weighted by molar-refractivity contribution is -0.136. The molecule has 0 atom stereocenters. The standard InChI is InChI=1S/C19H16N2O3S/c22-18(20-13-14-7-6-12-24-14)19(23)21-16-10-4-5-11-17(16)25-15-8-2-1-3-9-15/h1-12H,13H2,(H,20,22)(H,21,23). The Kier molecular flexibility index (Phi) is 5.53. The van der Waals surface area contributed by atoms with Gasteiger partial charge in [0.05, 0.1) is 18.5 Å². The lowest BCUT2D eigenvalue weighted by Crippen LogP contribution is -2.35. The average molecular weight is 352 g/mol. The Bertz CT molecular complexity index is 848. The molecule has 0 saturated heterocycles.